The largest absolute Gasteiger partial charge is 0.335 e. The van der Waals surface area contributed by atoms with Gasteiger partial charge in [-0.05, 0) is 36.9 Å². The van der Waals surface area contributed by atoms with E-state index in [0.29, 0.717) is 11.8 Å². The van der Waals surface area contributed by atoms with Crippen molar-refractivity contribution in [2.24, 2.45) is 11.8 Å². The van der Waals surface area contributed by atoms with Crippen LogP contribution in [0.2, 0.25) is 5.02 Å². The van der Waals surface area contributed by atoms with Crippen LogP contribution in [0.25, 0.3) is 0 Å². The molecule has 2 heterocycles. The van der Waals surface area contributed by atoms with Crippen LogP contribution in [0.15, 0.2) is 24.3 Å². The Morgan fingerprint density at radius 3 is 2.85 bits per heavy atom. The molecule has 1 aromatic carbocycles. The minimum absolute atomic E-state index is 0.123. The molecule has 0 bridgehead atoms. The number of halogens is 1. The van der Waals surface area contributed by atoms with Gasteiger partial charge in [0.25, 0.3) is 0 Å². The molecule has 20 heavy (non-hydrogen) atoms. The monoisotopic (exact) mass is 292 g/mol. The Hall–Kier alpha value is -1.06. The maximum Gasteiger partial charge on any atom is 0.227 e. The van der Waals surface area contributed by atoms with Crippen LogP contribution in [0.3, 0.4) is 0 Å². The number of carbonyl (C=O) groups is 1. The van der Waals surface area contributed by atoms with E-state index in [1.807, 2.05) is 18.2 Å². The summed E-state index contributed by atoms with van der Waals surface area (Å²) in [5.74, 6) is 0.845. The number of amides is 1. The fraction of sp³-hybridized carbons (Fsp3) is 0.562. The lowest BCUT2D eigenvalue weighted by molar-refractivity contribution is -0.136. The second-order valence-electron chi connectivity index (χ2n) is 5.95. The van der Waals surface area contributed by atoms with Crippen LogP contribution < -0.4 is 5.32 Å². The van der Waals surface area contributed by atoms with E-state index in [9.17, 15) is 4.79 Å². The Morgan fingerprint density at radius 2 is 2.15 bits per heavy atom. The van der Waals surface area contributed by atoms with Crippen LogP contribution in [-0.2, 0) is 4.79 Å². The molecule has 0 aromatic heterocycles. The first-order valence-corrected chi connectivity index (χ1v) is 7.82. The molecule has 2 aliphatic rings. The number of hydrogen-bond acceptors (Lipinski definition) is 2. The van der Waals surface area contributed by atoms with E-state index < -0.39 is 0 Å². The highest BCUT2D eigenvalue weighted by Crippen LogP contribution is 2.37. The molecule has 3 unspecified atom stereocenters. The zero-order chi connectivity index (χ0) is 14.1. The topological polar surface area (TPSA) is 32.3 Å². The van der Waals surface area contributed by atoms with Gasteiger partial charge in [-0.25, -0.2) is 0 Å². The smallest absolute Gasteiger partial charge is 0.227 e. The zero-order valence-electron chi connectivity index (χ0n) is 11.8. The van der Waals surface area contributed by atoms with Crippen molar-refractivity contribution in [2.75, 3.05) is 19.6 Å². The number of hydrogen-bond donors (Lipinski definition) is 1. The number of nitrogens with zero attached hydrogens (tertiary/aromatic N) is 1. The third-order valence-corrected chi connectivity index (χ3v) is 4.98. The van der Waals surface area contributed by atoms with Gasteiger partial charge in [0.15, 0.2) is 0 Å². The molecule has 2 aliphatic heterocycles. The molecule has 3 nitrogen and oxygen atoms in total. The van der Waals surface area contributed by atoms with Gasteiger partial charge >= 0.3 is 0 Å². The zero-order valence-corrected chi connectivity index (χ0v) is 12.6. The van der Waals surface area contributed by atoms with E-state index in [1.54, 1.807) is 0 Å². The van der Waals surface area contributed by atoms with Crippen molar-refractivity contribution in [1.82, 2.24) is 10.2 Å². The van der Waals surface area contributed by atoms with Gasteiger partial charge in [0.2, 0.25) is 5.91 Å². The first-order valence-electron chi connectivity index (χ1n) is 7.44. The Labute approximate surface area is 125 Å². The number of carbonyl (C=O) groups excluding carboxylic acids is 1. The summed E-state index contributed by atoms with van der Waals surface area (Å²) in [5, 5.41) is 4.09. The highest BCUT2D eigenvalue weighted by molar-refractivity contribution is 6.31. The van der Waals surface area contributed by atoms with Gasteiger partial charge in [0.05, 0.1) is 12.0 Å². The summed E-state index contributed by atoms with van der Waals surface area (Å²) in [6, 6.07) is 8.06. The summed E-state index contributed by atoms with van der Waals surface area (Å²) < 4.78 is 0. The molecule has 0 radical (unpaired) electrons. The van der Waals surface area contributed by atoms with Gasteiger partial charge < -0.3 is 10.2 Å². The summed E-state index contributed by atoms with van der Waals surface area (Å²) in [6.07, 6.45) is 2.08. The average Bonchev–Trinajstić information content (AvgIpc) is 3.07. The standard InChI is InChI=1S/C16H21ClN2O/c1-11-9-18-10-13(11)16(20)19-8-4-7-15(19)12-5-2-3-6-14(12)17/h2-3,5-6,11,13,15,18H,4,7-10H2,1H3. The molecular weight excluding hydrogens is 272 g/mol. The Kier molecular flexibility index (Phi) is 3.99. The average molecular weight is 293 g/mol. The SMILES string of the molecule is CC1CNCC1C(=O)N1CCCC1c1ccccc1Cl. The maximum atomic E-state index is 12.8. The second-order valence-corrected chi connectivity index (χ2v) is 6.36. The summed E-state index contributed by atoms with van der Waals surface area (Å²) in [6.45, 7) is 4.77. The van der Waals surface area contributed by atoms with Crippen molar-refractivity contribution in [3.63, 3.8) is 0 Å². The summed E-state index contributed by atoms with van der Waals surface area (Å²) in [5.41, 5.74) is 1.10. The van der Waals surface area contributed by atoms with Crippen LogP contribution in [-0.4, -0.2) is 30.4 Å². The van der Waals surface area contributed by atoms with Gasteiger partial charge in [-0.1, -0.05) is 36.7 Å². The van der Waals surface area contributed by atoms with Crippen molar-refractivity contribution in [3.8, 4) is 0 Å². The van der Waals surface area contributed by atoms with Gasteiger partial charge in [-0.3, -0.25) is 4.79 Å². The molecule has 1 aromatic rings. The van der Waals surface area contributed by atoms with Crippen molar-refractivity contribution in [3.05, 3.63) is 34.9 Å². The number of nitrogens with one attached hydrogen (secondary N) is 1. The predicted molar refractivity (Wildman–Crippen MR) is 80.7 cm³/mol. The van der Waals surface area contributed by atoms with E-state index in [1.165, 1.54) is 0 Å². The van der Waals surface area contributed by atoms with Gasteiger partial charge in [-0.15, -0.1) is 0 Å². The molecule has 2 fully saturated rings. The molecule has 0 aliphatic carbocycles. The normalized spacial score (nSPS) is 29.9. The number of likely N-dealkylation sites (tertiary alicyclic amines) is 1. The molecule has 4 heteroatoms. The van der Waals surface area contributed by atoms with Crippen LogP contribution in [0, 0.1) is 11.8 Å². The van der Waals surface area contributed by atoms with Crippen LogP contribution >= 0.6 is 11.6 Å². The highest BCUT2D eigenvalue weighted by atomic mass is 35.5. The second kappa shape index (κ2) is 5.74. The van der Waals surface area contributed by atoms with Crippen LogP contribution in [0.1, 0.15) is 31.4 Å². The van der Waals surface area contributed by atoms with Crippen LogP contribution in [0.5, 0.6) is 0 Å². The molecule has 1 N–H and O–H groups in total. The Balaban J connectivity index is 1.82. The molecule has 2 saturated heterocycles. The summed E-state index contributed by atoms with van der Waals surface area (Å²) >= 11 is 6.31. The van der Waals surface area contributed by atoms with E-state index in [4.69, 9.17) is 11.6 Å². The van der Waals surface area contributed by atoms with Crippen molar-refractivity contribution in [2.45, 2.75) is 25.8 Å². The van der Waals surface area contributed by atoms with Gasteiger partial charge in [0.1, 0.15) is 0 Å². The van der Waals surface area contributed by atoms with E-state index in [0.717, 1.165) is 43.1 Å². The highest BCUT2D eigenvalue weighted by Gasteiger charge is 2.38. The first-order chi connectivity index (χ1) is 9.68. The molecule has 0 saturated carbocycles. The van der Waals surface area contributed by atoms with Gasteiger partial charge in [-0.2, -0.15) is 0 Å². The minimum Gasteiger partial charge on any atom is -0.335 e. The van der Waals surface area contributed by atoms with Crippen LogP contribution in [0.4, 0.5) is 0 Å². The van der Waals surface area contributed by atoms with Crippen molar-refractivity contribution >= 4 is 17.5 Å². The first kappa shape index (κ1) is 13.9. The third kappa shape index (κ3) is 2.45. The maximum absolute atomic E-state index is 12.8. The summed E-state index contributed by atoms with van der Waals surface area (Å²) in [7, 11) is 0. The third-order valence-electron chi connectivity index (χ3n) is 4.63. The molecule has 108 valence electrons. The lowest BCUT2D eigenvalue weighted by Gasteiger charge is -2.29. The number of benzene rings is 1. The molecular formula is C16H21ClN2O. The van der Waals surface area contributed by atoms with Crippen molar-refractivity contribution < 1.29 is 4.79 Å². The predicted octanol–water partition coefficient (Wildman–Crippen LogP) is 2.86. The lowest BCUT2D eigenvalue weighted by Crippen LogP contribution is -2.38. The molecule has 3 atom stereocenters. The minimum atomic E-state index is 0.123. The molecule has 1 amide bonds. The lowest BCUT2D eigenvalue weighted by atomic mass is 9.95. The molecule has 3 rings (SSSR count). The molecule has 0 spiro atoms. The van der Waals surface area contributed by atoms with E-state index in [2.05, 4.69) is 23.2 Å². The van der Waals surface area contributed by atoms with Crippen molar-refractivity contribution in [1.29, 1.82) is 0 Å². The summed E-state index contributed by atoms with van der Waals surface area (Å²) in [4.78, 5) is 14.8. The Bertz CT molecular complexity index is 505. The van der Waals surface area contributed by atoms with E-state index in [-0.39, 0.29) is 12.0 Å². The number of rotatable bonds is 2. The quantitative estimate of drug-likeness (QED) is 0.909. The van der Waals surface area contributed by atoms with Gasteiger partial charge in [0, 0.05) is 18.1 Å². The van der Waals surface area contributed by atoms with E-state index >= 15 is 0 Å². The fourth-order valence-corrected chi connectivity index (χ4v) is 3.71. The Morgan fingerprint density at radius 1 is 1.35 bits per heavy atom. The fourth-order valence-electron chi connectivity index (χ4n) is 3.45.